The number of rotatable bonds is 5. The summed E-state index contributed by atoms with van der Waals surface area (Å²) in [5.74, 6) is 0.732. The van der Waals surface area contributed by atoms with E-state index in [9.17, 15) is 0 Å². The van der Waals surface area contributed by atoms with Gasteiger partial charge < -0.3 is 4.90 Å². The topological polar surface area (TPSA) is 3.24 Å². The molecular weight excluding hydrogens is 373 g/mol. The van der Waals surface area contributed by atoms with Gasteiger partial charge in [-0.3, -0.25) is 0 Å². The van der Waals surface area contributed by atoms with Crippen LogP contribution in [0.15, 0.2) is 54.1 Å². The molecule has 25 heavy (non-hydrogen) atoms. The molecule has 3 rings (SSSR count). The third kappa shape index (κ3) is 5.01. The van der Waals surface area contributed by atoms with Crippen molar-refractivity contribution in [2.24, 2.45) is 0 Å². The Balaban J connectivity index is 1.95. The number of benzene rings is 2. The van der Waals surface area contributed by atoms with Gasteiger partial charge in [0, 0.05) is 29.0 Å². The first-order valence-electron chi connectivity index (χ1n) is 8.69. The predicted octanol–water partition coefficient (Wildman–Crippen LogP) is 6.52. The van der Waals surface area contributed by atoms with E-state index in [-0.39, 0.29) is 0 Å². The molecule has 0 aliphatic carbocycles. The lowest BCUT2D eigenvalue weighted by molar-refractivity contribution is 0.258. The van der Waals surface area contributed by atoms with Crippen LogP contribution in [0.4, 0.5) is 0 Å². The molecule has 0 atom stereocenters. The smallest absolute Gasteiger partial charge is 0.0412 e. The summed E-state index contributed by atoms with van der Waals surface area (Å²) in [6.45, 7) is 3.24. The minimum Gasteiger partial charge on any atom is -0.303 e. The zero-order valence-corrected chi connectivity index (χ0v) is 16.4. The van der Waals surface area contributed by atoms with Gasteiger partial charge in [-0.25, -0.2) is 0 Å². The van der Waals surface area contributed by atoms with Crippen molar-refractivity contribution < 1.29 is 0 Å². The second-order valence-corrected chi connectivity index (χ2v) is 7.63. The molecule has 1 saturated heterocycles. The largest absolute Gasteiger partial charge is 0.303 e. The van der Waals surface area contributed by atoms with Crippen LogP contribution in [0.25, 0.3) is 5.57 Å². The summed E-state index contributed by atoms with van der Waals surface area (Å²) in [7, 11) is 0. The first kappa shape index (κ1) is 18.8. The van der Waals surface area contributed by atoms with Crippen molar-refractivity contribution in [3.63, 3.8) is 0 Å². The molecule has 0 saturated carbocycles. The molecule has 0 bridgehead atoms. The van der Waals surface area contributed by atoms with Crippen LogP contribution in [0.3, 0.4) is 0 Å². The summed E-state index contributed by atoms with van der Waals surface area (Å²) in [5, 5.41) is 1.52. The SMILES string of the molecule is ClCCCN1CCC(=C(c2cccc(Cl)c2)c2cccc(Cl)c2)CC1. The molecule has 0 unspecified atom stereocenters. The van der Waals surface area contributed by atoms with Crippen LogP contribution in [0.2, 0.25) is 10.0 Å². The molecule has 2 aromatic rings. The monoisotopic (exact) mass is 393 g/mol. The number of likely N-dealkylation sites (tertiary alicyclic amines) is 1. The number of halogens is 3. The second-order valence-electron chi connectivity index (χ2n) is 6.38. The average Bonchev–Trinajstić information content (AvgIpc) is 2.61. The fourth-order valence-corrected chi connectivity index (χ4v) is 3.94. The maximum absolute atomic E-state index is 6.26. The number of piperidine rings is 1. The Kier molecular flexibility index (Phi) is 6.84. The highest BCUT2D eigenvalue weighted by Gasteiger charge is 2.19. The fraction of sp³-hybridized carbons (Fsp3) is 0.333. The lowest BCUT2D eigenvalue weighted by Gasteiger charge is -2.30. The van der Waals surface area contributed by atoms with E-state index in [1.165, 1.54) is 22.3 Å². The van der Waals surface area contributed by atoms with Crippen molar-refractivity contribution in [2.75, 3.05) is 25.5 Å². The Hall–Kier alpha value is -0.990. The van der Waals surface area contributed by atoms with Crippen LogP contribution in [0.1, 0.15) is 30.4 Å². The van der Waals surface area contributed by atoms with Crippen molar-refractivity contribution in [3.05, 3.63) is 75.3 Å². The molecule has 0 amide bonds. The second kappa shape index (κ2) is 9.09. The van der Waals surface area contributed by atoms with Crippen LogP contribution >= 0.6 is 34.8 Å². The zero-order valence-electron chi connectivity index (χ0n) is 14.1. The van der Waals surface area contributed by atoms with E-state index in [0.29, 0.717) is 0 Å². The van der Waals surface area contributed by atoms with Gasteiger partial charge in [0.15, 0.2) is 0 Å². The lowest BCUT2D eigenvalue weighted by Crippen LogP contribution is -2.32. The summed E-state index contributed by atoms with van der Waals surface area (Å²) in [6.07, 6.45) is 3.18. The molecule has 132 valence electrons. The van der Waals surface area contributed by atoms with Gasteiger partial charge in [0.05, 0.1) is 0 Å². The minimum atomic E-state index is 0.732. The van der Waals surface area contributed by atoms with Crippen molar-refractivity contribution in [1.82, 2.24) is 4.90 Å². The Morgan fingerprint density at radius 1 is 0.880 bits per heavy atom. The highest BCUT2D eigenvalue weighted by atomic mass is 35.5. The number of nitrogens with zero attached hydrogens (tertiary/aromatic N) is 1. The van der Waals surface area contributed by atoms with E-state index in [4.69, 9.17) is 34.8 Å². The maximum Gasteiger partial charge on any atom is 0.0412 e. The van der Waals surface area contributed by atoms with Crippen LogP contribution in [0, 0.1) is 0 Å². The Labute approximate surface area is 165 Å². The summed E-state index contributed by atoms with van der Waals surface area (Å²) in [6, 6.07) is 16.2. The first-order chi connectivity index (χ1) is 12.2. The zero-order chi connectivity index (χ0) is 17.6. The van der Waals surface area contributed by atoms with E-state index in [1.807, 2.05) is 36.4 Å². The van der Waals surface area contributed by atoms with Gasteiger partial charge in [-0.15, -0.1) is 11.6 Å². The van der Waals surface area contributed by atoms with Gasteiger partial charge in [0.1, 0.15) is 0 Å². The minimum absolute atomic E-state index is 0.732. The highest BCUT2D eigenvalue weighted by molar-refractivity contribution is 6.31. The number of hydrogen-bond acceptors (Lipinski definition) is 1. The van der Waals surface area contributed by atoms with Crippen LogP contribution < -0.4 is 0 Å². The normalized spacial score (nSPS) is 15.4. The predicted molar refractivity (Wildman–Crippen MR) is 110 cm³/mol. The van der Waals surface area contributed by atoms with Crippen LogP contribution in [-0.4, -0.2) is 30.4 Å². The van der Waals surface area contributed by atoms with Gasteiger partial charge >= 0.3 is 0 Å². The Morgan fingerprint density at radius 3 is 1.92 bits per heavy atom. The first-order valence-corrected chi connectivity index (χ1v) is 9.98. The van der Waals surface area contributed by atoms with E-state index in [1.54, 1.807) is 0 Å². The fourth-order valence-electron chi connectivity index (χ4n) is 3.44. The standard InChI is InChI=1S/C21H22Cl3N/c22-10-3-11-25-12-8-16(9-13-25)21(17-4-1-6-19(23)14-17)18-5-2-7-20(24)15-18/h1-2,4-7,14-15H,3,8-13H2. The molecular formula is C21H22Cl3N. The molecule has 0 radical (unpaired) electrons. The molecule has 0 spiro atoms. The third-order valence-corrected chi connectivity index (χ3v) is 5.39. The van der Waals surface area contributed by atoms with Crippen LogP contribution in [-0.2, 0) is 0 Å². The van der Waals surface area contributed by atoms with Crippen LogP contribution in [0.5, 0.6) is 0 Å². The summed E-state index contributed by atoms with van der Waals surface area (Å²) in [5.41, 5.74) is 5.09. The average molecular weight is 395 g/mol. The molecule has 0 aromatic heterocycles. The van der Waals surface area contributed by atoms with Crippen molar-refractivity contribution >= 4 is 40.4 Å². The van der Waals surface area contributed by atoms with Crippen molar-refractivity contribution in [2.45, 2.75) is 19.3 Å². The molecule has 2 aromatic carbocycles. The van der Waals surface area contributed by atoms with Crippen molar-refractivity contribution in [1.29, 1.82) is 0 Å². The van der Waals surface area contributed by atoms with Gasteiger partial charge in [-0.2, -0.15) is 0 Å². The Morgan fingerprint density at radius 2 is 1.44 bits per heavy atom. The third-order valence-electron chi connectivity index (χ3n) is 4.65. The summed E-state index contributed by atoms with van der Waals surface area (Å²) in [4.78, 5) is 2.50. The van der Waals surface area contributed by atoms with Gasteiger partial charge in [-0.05, 0) is 66.8 Å². The van der Waals surface area contributed by atoms with E-state index >= 15 is 0 Å². The molecule has 4 heteroatoms. The van der Waals surface area contributed by atoms with Gasteiger partial charge in [-0.1, -0.05) is 53.0 Å². The van der Waals surface area contributed by atoms with E-state index < -0.39 is 0 Å². The number of alkyl halides is 1. The molecule has 1 nitrogen and oxygen atoms in total. The van der Waals surface area contributed by atoms with Gasteiger partial charge in [0.2, 0.25) is 0 Å². The number of hydrogen-bond donors (Lipinski definition) is 0. The maximum atomic E-state index is 6.26. The van der Waals surface area contributed by atoms with E-state index in [2.05, 4.69) is 17.0 Å². The molecule has 1 aliphatic rings. The molecule has 0 N–H and O–H groups in total. The lowest BCUT2D eigenvalue weighted by atomic mass is 9.88. The molecule has 1 heterocycles. The Bertz CT molecular complexity index is 697. The molecule has 1 aliphatic heterocycles. The summed E-state index contributed by atoms with van der Waals surface area (Å²) >= 11 is 18.3. The molecule has 1 fully saturated rings. The quantitative estimate of drug-likeness (QED) is 0.522. The summed E-state index contributed by atoms with van der Waals surface area (Å²) < 4.78 is 0. The van der Waals surface area contributed by atoms with Gasteiger partial charge in [0.25, 0.3) is 0 Å². The van der Waals surface area contributed by atoms with Crippen molar-refractivity contribution in [3.8, 4) is 0 Å². The van der Waals surface area contributed by atoms with E-state index in [0.717, 1.165) is 54.8 Å². The highest BCUT2D eigenvalue weighted by Crippen LogP contribution is 2.34.